The van der Waals surface area contributed by atoms with Crippen LogP contribution in [0.2, 0.25) is 0 Å². The number of ether oxygens (including phenoxy) is 1. The second-order valence-electron chi connectivity index (χ2n) is 5.35. The van der Waals surface area contributed by atoms with Gasteiger partial charge in [0, 0.05) is 17.0 Å². The SMILES string of the molecule is O=C1COc2ccc(-c3csc(NC(=O)c4ccc(=O)[nH]n4)n3)cc2N1. The average Bonchev–Trinajstić information content (AvgIpc) is 3.10. The predicted molar refractivity (Wildman–Crippen MR) is 94.5 cm³/mol. The van der Waals surface area contributed by atoms with Crippen LogP contribution in [-0.2, 0) is 4.79 Å². The molecule has 0 saturated carbocycles. The summed E-state index contributed by atoms with van der Waals surface area (Å²) in [5.74, 6) is -0.0937. The number of aromatic nitrogens is 3. The molecule has 0 unspecified atom stereocenters. The fraction of sp³-hybridized carbons (Fsp3) is 0.0625. The average molecular weight is 369 g/mol. The Kier molecular flexibility index (Phi) is 3.93. The fourth-order valence-electron chi connectivity index (χ4n) is 2.34. The normalized spacial score (nSPS) is 12.7. The second-order valence-corrected chi connectivity index (χ2v) is 6.20. The molecule has 2 aromatic heterocycles. The lowest BCUT2D eigenvalue weighted by molar-refractivity contribution is -0.118. The van der Waals surface area contributed by atoms with Gasteiger partial charge >= 0.3 is 0 Å². The fourth-order valence-corrected chi connectivity index (χ4v) is 3.05. The number of H-pyrrole nitrogens is 1. The summed E-state index contributed by atoms with van der Waals surface area (Å²) in [7, 11) is 0. The lowest BCUT2D eigenvalue weighted by atomic mass is 10.1. The first-order chi connectivity index (χ1) is 12.6. The minimum atomic E-state index is -0.478. The summed E-state index contributed by atoms with van der Waals surface area (Å²) in [5, 5.41) is 13.4. The van der Waals surface area contributed by atoms with Gasteiger partial charge in [-0.15, -0.1) is 11.3 Å². The Balaban J connectivity index is 1.54. The maximum absolute atomic E-state index is 12.1. The van der Waals surface area contributed by atoms with E-state index in [9.17, 15) is 14.4 Å². The topological polar surface area (TPSA) is 126 Å². The van der Waals surface area contributed by atoms with Crippen molar-refractivity contribution in [2.24, 2.45) is 0 Å². The van der Waals surface area contributed by atoms with Gasteiger partial charge in [0.2, 0.25) is 0 Å². The molecule has 0 fully saturated rings. The summed E-state index contributed by atoms with van der Waals surface area (Å²) >= 11 is 1.25. The van der Waals surface area contributed by atoms with E-state index in [4.69, 9.17) is 4.74 Å². The molecule has 26 heavy (non-hydrogen) atoms. The molecule has 2 amide bonds. The molecule has 0 bridgehead atoms. The summed E-state index contributed by atoms with van der Waals surface area (Å²) in [6.45, 7) is -0.00197. The highest BCUT2D eigenvalue weighted by Crippen LogP contribution is 2.33. The molecule has 0 radical (unpaired) electrons. The lowest BCUT2D eigenvalue weighted by Crippen LogP contribution is -2.25. The van der Waals surface area contributed by atoms with Crippen LogP contribution in [0.1, 0.15) is 10.5 Å². The number of carbonyl (C=O) groups is 2. The third-order valence-corrected chi connectivity index (χ3v) is 4.30. The van der Waals surface area contributed by atoms with Crippen molar-refractivity contribution in [2.75, 3.05) is 17.2 Å². The first-order valence-corrected chi connectivity index (χ1v) is 8.36. The zero-order chi connectivity index (χ0) is 18.1. The zero-order valence-corrected chi connectivity index (χ0v) is 13.9. The number of anilines is 2. The number of aromatic amines is 1. The van der Waals surface area contributed by atoms with Gasteiger partial charge in [0.25, 0.3) is 17.4 Å². The monoisotopic (exact) mass is 369 g/mol. The number of fused-ring (bicyclic) bond motifs is 1. The van der Waals surface area contributed by atoms with E-state index >= 15 is 0 Å². The van der Waals surface area contributed by atoms with Crippen LogP contribution in [0.5, 0.6) is 5.75 Å². The number of carbonyl (C=O) groups excluding carboxylic acids is 2. The minimum Gasteiger partial charge on any atom is -0.482 e. The number of hydrogen-bond acceptors (Lipinski definition) is 7. The highest BCUT2D eigenvalue weighted by Gasteiger charge is 2.17. The second kappa shape index (κ2) is 6.41. The molecular formula is C16H11N5O4S. The molecule has 10 heteroatoms. The molecule has 0 aliphatic carbocycles. The smallest absolute Gasteiger partial charge is 0.277 e. The molecule has 1 aliphatic rings. The predicted octanol–water partition coefficient (Wildman–Crippen LogP) is 1.48. The van der Waals surface area contributed by atoms with Crippen LogP contribution in [0.15, 0.2) is 40.5 Å². The van der Waals surface area contributed by atoms with Gasteiger partial charge in [-0.1, -0.05) is 0 Å². The van der Waals surface area contributed by atoms with Crippen molar-refractivity contribution < 1.29 is 14.3 Å². The Labute approximate surface area is 150 Å². The van der Waals surface area contributed by atoms with Crippen molar-refractivity contribution >= 4 is 34.0 Å². The Morgan fingerprint density at radius 1 is 1.23 bits per heavy atom. The molecule has 9 nitrogen and oxygen atoms in total. The van der Waals surface area contributed by atoms with Crippen LogP contribution in [0, 0.1) is 0 Å². The molecule has 3 N–H and O–H groups in total. The molecule has 0 spiro atoms. The summed E-state index contributed by atoms with van der Waals surface area (Å²) in [6, 6.07) is 7.89. The zero-order valence-electron chi connectivity index (χ0n) is 13.1. The third-order valence-electron chi connectivity index (χ3n) is 3.54. The largest absolute Gasteiger partial charge is 0.482 e. The minimum absolute atomic E-state index is 0.00197. The van der Waals surface area contributed by atoms with Crippen LogP contribution in [-0.4, -0.2) is 33.6 Å². The quantitative estimate of drug-likeness (QED) is 0.642. The number of nitrogens with one attached hydrogen (secondary N) is 3. The van der Waals surface area contributed by atoms with E-state index in [1.54, 1.807) is 17.5 Å². The van der Waals surface area contributed by atoms with Crippen molar-refractivity contribution in [1.82, 2.24) is 15.2 Å². The maximum Gasteiger partial charge on any atom is 0.277 e. The van der Waals surface area contributed by atoms with Crippen molar-refractivity contribution in [3.63, 3.8) is 0 Å². The van der Waals surface area contributed by atoms with Gasteiger partial charge in [-0.25, -0.2) is 10.1 Å². The Morgan fingerprint density at radius 3 is 2.92 bits per heavy atom. The molecule has 0 saturated heterocycles. The van der Waals surface area contributed by atoms with E-state index in [0.29, 0.717) is 22.3 Å². The molecule has 3 aromatic rings. The van der Waals surface area contributed by atoms with E-state index in [2.05, 4.69) is 25.8 Å². The molecule has 1 aliphatic heterocycles. The van der Waals surface area contributed by atoms with Gasteiger partial charge in [0.05, 0.1) is 11.4 Å². The number of hydrogen-bond donors (Lipinski definition) is 3. The number of nitrogens with zero attached hydrogens (tertiary/aromatic N) is 2. The van der Waals surface area contributed by atoms with Crippen LogP contribution in [0.3, 0.4) is 0 Å². The van der Waals surface area contributed by atoms with Crippen molar-refractivity contribution in [3.8, 4) is 17.0 Å². The van der Waals surface area contributed by atoms with Crippen LogP contribution in [0.25, 0.3) is 11.3 Å². The first kappa shape index (κ1) is 16.0. The van der Waals surface area contributed by atoms with E-state index in [-0.39, 0.29) is 23.8 Å². The van der Waals surface area contributed by atoms with Gasteiger partial charge in [-0.05, 0) is 24.3 Å². The van der Waals surface area contributed by atoms with E-state index in [0.717, 1.165) is 5.56 Å². The van der Waals surface area contributed by atoms with Gasteiger partial charge in [-0.2, -0.15) is 5.10 Å². The van der Waals surface area contributed by atoms with E-state index < -0.39 is 5.91 Å². The lowest BCUT2D eigenvalue weighted by Gasteiger charge is -2.18. The first-order valence-electron chi connectivity index (χ1n) is 7.48. The Morgan fingerprint density at radius 2 is 2.12 bits per heavy atom. The van der Waals surface area contributed by atoms with Gasteiger partial charge in [0.15, 0.2) is 11.7 Å². The van der Waals surface area contributed by atoms with Gasteiger partial charge in [-0.3, -0.25) is 19.7 Å². The highest BCUT2D eigenvalue weighted by atomic mass is 32.1. The highest BCUT2D eigenvalue weighted by molar-refractivity contribution is 7.14. The van der Waals surface area contributed by atoms with Crippen molar-refractivity contribution in [3.05, 3.63) is 51.8 Å². The summed E-state index contributed by atoms with van der Waals surface area (Å²) in [5.41, 5.74) is 1.68. The summed E-state index contributed by atoms with van der Waals surface area (Å²) in [6.07, 6.45) is 0. The number of benzene rings is 1. The van der Waals surface area contributed by atoms with Crippen LogP contribution in [0.4, 0.5) is 10.8 Å². The molecule has 0 atom stereocenters. The van der Waals surface area contributed by atoms with E-state index in [1.165, 1.54) is 23.5 Å². The van der Waals surface area contributed by atoms with Gasteiger partial charge in [0.1, 0.15) is 11.4 Å². The molecular weight excluding hydrogens is 358 g/mol. The molecule has 3 heterocycles. The van der Waals surface area contributed by atoms with E-state index in [1.807, 2.05) is 6.07 Å². The van der Waals surface area contributed by atoms with Crippen molar-refractivity contribution in [2.45, 2.75) is 0 Å². The number of amides is 2. The standard InChI is InChI=1S/C16H11N5O4S/c22-13-4-2-9(20-21-13)15(24)19-16-18-11(7-26-16)8-1-3-12-10(5-8)17-14(23)6-25-12/h1-5,7H,6H2,(H,17,23)(H,21,22)(H,18,19,24). The third kappa shape index (κ3) is 3.17. The Bertz CT molecular complexity index is 1050. The maximum atomic E-state index is 12.1. The molecule has 130 valence electrons. The van der Waals surface area contributed by atoms with Crippen LogP contribution < -0.4 is 20.9 Å². The summed E-state index contributed by atoms with van der Waals surface area (Å²) < 4.78 is 5.32. The Hall–Kier alpha value is -3.53. The number of rotatable bonds is 3. The van der Waals surface area contributed by atoms with Crippen molar-refractivity contribution in [1.29, 1.82) is 0 Å². The number of thiazole rings is 1. The summed E-state index contributed by atoms with van der Waals surface area (Å²) in [4.78, 5) is 38.9. The molecule has 4 rings (SSSR count). The van der Waals surface area contributed by atoms with Crippen LogP contribution >= 0.6 is 11.3 Å². The molecule has 1 aromatic carbocycles. The van der Waals surface area contributed by atoms with Gasteiger partial charge < -0.3 is 10.1 Å².